The van der Waals surface area contributed by atoms with Gasteiger partial charge in [-0.1, -0.05) is 24.9 Å². The van der Waals surface area contributed by atoms with Crippen LogP contribution < -0.4 is 11.1 Å². The maximum Gasteiger partial charge on any atom is 0.164 e. The van der Waals surface area contributed by atoms with Gasteiger partial charge in [0.1, 0.15) is 11.6 Å². The number of pyridine rings is 1. The van der Waals surface area contributed by atoms with Gasteiger partial charge in [-0.2, -0.15) is 0 Å². The molecule has 2 unspecified atom stereocenters. The van der Waals surface area contributed by atoms with Crippen molar-refractivity contribution in [3.8, 4) is 11.1 Å². The number of carbonyl (C=O) groups excluding carboxylic acids is 1. The normalized spacial score (nSPS) is 23.4. The lowest BCUT2D eigenvalue weighted by Gasteiger charge is -2.15. The monoisotopic (exact) mass is 359 g/mol. The zero-order valence-electron chi connectivity index (χ0n) is 14.1. The third-order valence-corrected chi connectivity index (χ3v) is 6.02. The van der Waals surface area contributed by atoms with Crippen LogP contribution in [0.2, 0.25) is 5.02 Å². The van der Waals surface area contributed by atoms with Gasteiger partial charge in [-0.25, -0.2) is 9.37 Å². The Hall–Kier alpha value is -2.14. The number of fused-ring (bicyclic) bond motifs is 2. The van der Waals surface area contributed by atoms with Crippen LogP contribution in [0.3, 0.4) is 0 Å². The maximum absolute atomic E-state index is 14.9. The summed E-state index contributed by atoms with van der Waals surface area (Å²) in [5.41, 5.74) is 7.56. The number of Topliss-reactive ketones (excluding diaryl/α,β-unsaturated/α-hetero) is 1. The molecule has 130 valence electrons. The van der Waals surface area contributed by atoms with Gasteiger partial charge in [0.25, 0.3) is 0 Å². The lowest BCUT2D eigenvalue weighted by Crippen LogP contribution is -2.13. The van der Waals surface area contributed by atoms with Gasteiger partial charge in [-0.05, 0) is 31.4 Å². The molecule has 1 spiro atoms. The lowest BCUT2D eigenvalue weighted by molar-refractivity contribution is 0.101. The van der Waals surface area contributed by atoms with Crippen LogP contribution in [0.1, 0.15) is 42.6 Å². The average Bonchev–Trinajstić information content (AvgIpc) is 3.14. The summed E-state index contributed by atoms with van der Waals surface area (Å²) in [4.78, 5) is 16.2. The highest BCUT2D eigenvalue weighted by molar-refractivity contribution is 6.34. The van der Waals surface area contributed by atoms with Crippen LogP contribution in [0.25, 0.3) is 11.1 Å². The summed E-state index contributed by atoms with van der Waals surface area (Å²) in [5, 5.41) is 3.84. The smallest absolute Gasteiger partial charge is 0.164 e. The molecule has 4 rings (SSSR count). The second kappa shape index (κ2) is 5.43. The highest BCUT2D eigenvalue weighted by Gasteiger charge is 2.59. The summed E-state index contributed by atoms with van der Waals surface area (Å²) in [6, 6.07) is 3.10. The van der Waals surface area contributed by atoms with E-state index in [-0.39, 0.29) is 22.2 Å². The molecule has 25 heavy (non-hydrogen) atoms. The minimum atomic E-state index is -0.640. The predicted octanol–water partition coefficient (Wildman–Crippen LogP) is 4.42. The van der Waals surface area contributed by atoms with E-state index in [0.717, 1.165) is 30.8 Å². The molecule has 1 saturated carbocycles. The molecule has 0 radical (unpaired) electrons. The largest absolute Gasteiger partial charge is 0.398 e. The minimum absolute atomic E-state index is 0.0118. The zero-order chi connectivity index (χ0) is 17.9. The lowest BCUT2D eigenvalue weighted by atomic mass is 9.92. The molecule has 0 saturated heterocycles. The summed E-state index contributed by atoms with van der Waals surface area (Å²) in [6.45, 7) is 4.29. The number of ketones is 1. The third-order valence-electron chi connectivity index (χ3n) is 5.63. The first-order chi connectivity index (χ1) is 11.9. The topological polar surface area (TPSA) is 68.0 Å². The van der Waals surface area contributed by atoms with Gasteiger partial charge in [0.2, 0.25) is 0 Å². The van der Waals surface area contributed by atoms with Crippen molar-refractivity contribution in [2.24, 2.45) is 5.92 Å². The number of nitrogens with one attached hydrogen (secondary N) is 1. The Labute approximate surface area is 150 Å². The first kappa shape index (κ1) is 16.3. The second-order valence-corrected chi connectivity index (χ2v) is 7.35. The highest BCUT2D eigenvalue weighted by atomic mass is 35.5. The summed E-state index contributed by atoms with van der Waals surface area (Å²) < 4.78 is 14.9. The van der Waals surface area contributed by atoms with E-state index in [1.807, 2.05) is 0 Å². The van der Waals surface area contributed by atoms with Crippen LogP contribution in [0, 0.1) is 11.7 Å². The number of nitrogens with zero attached hydrogens (tertiary/aromatic N) is 1. The van der Waals surface area contributed by atoms with Gasteiger partial charge in [0.15, 0.2) is 5.78 Å². The van der Waals surface area contributed by atoms with Gasteiger partial charge in [-0.3, -0.25) is 4.79 Å². The van der Waals surface area contributed by atoms with Crippen molar-refractivity contribution in [2.75, 3.05) is 17.6 Å². The number of hydrogen-bond donors (Lipinski definition) is 2. The van der Waals surface area contributed by atoms with Crippen LogP contribution in [-0.4, -0.2) is 17.3 Å². The number of rotatable bonds is 3. The van der Waals surface area contributed by atoms with E-state index in [9.17, 15) is 9.18 Å². The van der Waals surface area contributed by atoms with Crippen molar-refractivity contribution in [1.29, 1.82) is 0 Å². The van der Waals surface area contributed by atoms with E-state index >= 15 is 0 Å². The van der Waals surface area contributed by atoms with Gasteiger partial charge in [0, 0.05) is 40.5 Å². The number of aromatic nitrogens is 1. The summed E-state index contributed by atoms with van der Waals surface area (Å²) in [6.07, 6.45) is 3.71. The van der Waals surface area contributed by atoms with Crippen molar-refractivity contribution in [3.63, 3.8) is 0 Å². The second-order valence-electron chi connectivity index (χ2n) is 6.98. The maximum atomic E-state index is 14.9. The molecular weight excluding hydrogens is 341 g/mol. The molecule has 1 aromatic carbocycles. The first-order valence-corrected chi connectivity index (χ1v) is 8.80. The number of carbonyl (C=O) groups is 1. The first-order valence-electron chi connectivity index (χ1n) is 8.42. The Bertz CT molecular complexity index is 914. The fraction of sp³-hybridized carbons (Fsp3) is 0.368. The Kier molecular flexibility index (Phi) is 3.55. The molecule has 1 aromatic heterocycles. The fourth-order valence-electron chi connectivity index (χ4n) is 4.19. The summed E-state index contributed by atoms with van der Waals surface area (Å²) in [7, 11) is 0. The summed E-state index contributed by atoms with van der Waals surface area (Å²) >= 11 is 6.72. The molecule has 2 atom stereocenters. The summed E-state index contributed by atoms with van der Waals surface area (Å²) in [5.74, 6) is 0.305. The average molecular weight is 360 g/mol. The molecule has 4 nitrogen and oxygen atoms in total. The Balaban J connectivity index is 1.90. The quantitative estimate of drug-likeness (QED) is 0.628. The molecule has 2 aliphatic rings. The number of hydrogen-bond acceptors (Lipinski definition) is 4. The molecule has 2 heterocycles. The number of anilines is 2. The van der Waals surface area contributed by atoms with Crippen molar-refractivity contribution in [1.82, 2.24) is 4.98 Å². The minimum Gasteiger partial charge on any atom is -0.398 e. The highest BCUT2D eigenvalue weighted by Crippen LogP contribution is 2.62. The number of halogens is 2. The molecular formula is C19H19ClFN3O. The van der Waals surface area contributed by atoms with Crippen LogP contribution in [-0.2, 0) is 5.41 Å². The van der Waals surface area contributed by atoms with Crippen molar-refractivity contribution in [3.05, 3.63) is 40.3 Å². The standard InChI is InChI=1S/C19H19ClFN3O/c1-3-10-6-19(10)8-24-18-15(19)16(20)12(7-23-18)11-4-5-13(22)14(9(2)25)17(11)21/h4-5,7,10H,3,6,8,22H2,1-2H3,(H,23,24). The van der Waals surface area contributed by atoms with Gasteiger partial charge in [-0.15, -0.1) is 0 Å². The zero-order valence-corrected chi connectivity index (χ0v) is 14.9. The molecule has 6 heteroatoms. The van der Waals surface area contributed by atoms with Crippen LogP contribution in [0.15, 0.2) is 18.3 Å². The van der Waals surface area contributed by atoms with Crippen LogP contribution >= 0.6 is 11.6 Å². The molecule has 0 amide bonds. The number of benzene rings is 1. The Morgan fingerprint density at radius 2 is 2.24 bits per heavy atom. The molecule has 1 fully saturated rings. The molecule has 1 aliphatic heterocycles. The van der Waals surface area contributed by atoms with Crippen molar-refractivity contribution in [2.45, 2.75) is 32.1 Å². The van der Waals surface area contributed by atoms with E-state index in [0.29, 0.717) is 16.5 Å². The molecule has 3 N–H and O–H groups in total. The SMILES string of the molecule is CCC1CC12CNc1ncc(-c3ccc(N)c(C(C)=O)c3F)c(Cl)c12. The molecule has 2 aromatic rings. The van der Waals surface area contributed by atoms with Crippen molar-refractivity contribution >= 4 is 28.9 Å². The van der Waals surface area contributed by atoms with Gasteiger partial charge >= 0.3 is 0 Å². The van der Waals surface area contributed by atoms with E-state index < -0.39 is 11.6 Å². The van der Waals surface area contributed by atoms with E-state index in [1.54, 1.807) is 18.3 Å². The van der Waals surface area contributed by atoms with E-state index in [2.05, 4.69) is 17.2 Å². The van der Waals surface area contributed by atoms with Crippen LogP contribution in [0.5, 0.6) is 0 Å². The predicted molar refractivity (Wildman–Crippen MR) is 97.6 cm³/mol. The van der Waals surface area contributed by atoms with Crippen molar-refractivity contribution < 1.29 is 9.18 Å². The Morgan fingerprint density at radius 1 is 1.48 bits per heavy atom. The number of nitrogens with two attached hydrogens (primary N) is 1. The van der Waals surface area contributed by atoms with Crippen LogP contribution in [0.4, 0.5) is 15.9 Å². The van der Waals surface area contributed by atoms with E-state index in [1.165, 1.54) is 6.92 Å². The molecule has 1 aliphatic carbocycles. The number of nitrogen functional groups attached to an aromatic ring is 1. The van der Waals surface area contributed by atoms with Gasteiger partial charge in [0.05, 0.1) is 10.6 Å². The van der Waals surface area contributed by atoms with Gasteiger partial charge < -0.3 is 11.1 Å². The third kappa shape index (κ3) is 2.18. The van der Waals surface area contributed by atoms with E-state index in [4.69, 9.17) is 17.3 Å². The fourth-order valence-corrected chi connectivity index (χ4v) is 4.62. The molecule has 0 bridgehead atoms. The Morgan fingerprint density at radius 3 is 2.88 bits per heavy atom.